The molecule has 0 aliphatic carbocycles. The summed E-state index contributed by atoms with van der Waals surface area (Å²) in [6, 6.07) is 5.91. The molecule has 0 spiro atoms. The molecule has 8 nitrogen and oxygen atoms in total. The average molecular weight is 295 g/mol. The Balaban J connectivity index is 2.31. The number of amides is 1. The van der Waals surface area contributed by atoms with Crippen molar-refractivity contribution in [1.29, 1.82) is 0 Å². The van der Waals surface area contributed by atoms with Crippen molar-refractivity contribution in [2.24, 2.45) is 0 Å². The molecule has 0 unspecified atom stereocenters. The monoisotopic (exact) mass is 295 g/mol. The van der Waals surface area contributed by atoms with Crippen molar-refractivity contribution in [2.75, 3.05) is 37.9 Å². The largest absolute Gasteiger partial charge is 0.448 e. The summed E-state index contributed by atoms with van der Waals surface area (Å²) in [4.78, 5) is 22.6. The van der Waals surface area contributed by atoms with Gasteiger partial charge in [-0.05, 0) is 13.0 Å². The second kappa shape index (κ2) is 7.00. The molecule has 2 rings (SSSR count). The Morgan fingerprint density at radius 1 is 1.48 bits per heavy atom. The Bertz CT molecular complexity index is 516. The van der Waals surface area contributed by atoms with E-state index in [2.05, 4.69) is 0 Å². The van der Waals surface area contributed by atoms with Gasteiger partial charge in [-0.25, -0.2) is 14.8 Å². The highest BCUT2D eigenvalue weighted by molar-refractivity contribution is 5.87. The van der Waals surface area contributed by atoms with Crippen molar-refractivity contribution in [1.82, 2.24) is 5.01 Å². The van der Waals surface area contributed by atoms with Crippen LogP contribution in [0.5, 0.6) is 0 Å². The molecule has 8 heteroatoms. The maximum atomic E-state index is 12.2. The summed E-state index contributed by atoms with van der Waals surface area (Å²) in [6.45, 7) is 3.95. The van der Waals surface area contributed by atoms with Crippen molar-refractivity contribution in [3.05, 3.63) is 34.4 Å². The summed E-state index contributed by atoms with van der Waals surface area (Å²) in [6.07, 6.45) is -0.556. The highest BCUT2D eigenvalue weighted by atomic mass is 16.6. The standard InChI is InChI=1S/C13H17N3O5/c1-2-21-13(17)15(14-6-8-20-9-7-14)11-4-3-5-12(10-11)16(18)19/h3-5,10H,2,6-9H2,1H3. The van der Waals surface area contributed by atoms with Gasteiger partial charge in [0.25, 0.3) is 5.69 Å². The van der Waals surface area contributed by atoms with Crippen LogP contribution in [0.15, 0.2) is 24.3 Å². The number of nitro benzene ring substituents is 1. The topological polar surface area (TPSA) is 85.1 Å². The number of carbonyl (C=O) groups is 1. The van der Waals surface area contributed by atoms with Gasteiger partial charge < -0.3 is 9.47 Å². The third-order valence-electron chi connectivity index (χ3n) is 3.00. The third-order valence-corrected chi connectivity index (χ3v) is 3.00. The number of hydrazine groups is 1. The van der Waals surface area contributed by atoms with Crippen LogP contribution in [-0.2, 0) is 9.47 Å². The van der Waals surface area contributed by atoms with Crippen LogP contribution in [0.4, 0.5) is 16.2 Å². The summed E-state index contributed by atoms with van der Waals surface area (Å²) < 4.78 is 10.3. The van der Waals surface area contributed by atoms with Crippen LogP contribution in [0.25, 0.3) is 0 Å². The highest BCUT2D eigenvalue weighted by Gasteiger charge is 2.27. The number of benzene rings is 1. The summed E-state index contributed by atoms with van der Waals surface area (Å²) in [5.74, 6) is 0. The summed E-state index contributed by atoms with van der Waals surface area (Å²) in [7, 11) is 0. The molecule has 1 fully saturated rings. The number of anilines is 1. The lowest BCUT2D eigenvalue weighted by atomic mass is 10.3. The van der Waals surface area contributed by atoms with Gasteiger partial charge in [0.1, 0.15) is 0 Å². The molecular formula is C13H17N3O5. The van der Waals surface area contributed by atoms with Crippen LogP contribution in [0, 0.1) is 10.1 Å². The molecule has 1 aromatic rings. The van der Waals surface area contributed by atoms with E-state index in [1.54, 1.807) is 24.1 Å². The van der Waals surface area contributed by atoms with Gasteiger partial charge in [-0.1, -0.05) is 6.07 Å². The molecule has 1 amide bonds. The van der Waals surface area contributed by atoms with Crippen molar-refractivity contribution in [2.45, 2.75) is 6.92 Å². The minimum atomic E-state index is -0.556. The minimum Gasteiger partial charge on any atom is -0.448 e. The number of ether oxygens (including phenoxy) is 2. The normalized spacial score (nSPS) is 15.5. The molecule has 0 aromatic heterocycles. The van der Waals surface area contributed by atoms with Crippen molar-refractivity contribution in [3.8, 4) is 0 Å². The SMILES string of the molecule is CCOC(=O)N(c1cccc([N+](=O)[O-])c1)N1CCOCC1. The molecule has 0 saturated carbocycles. The van der Waals surface area contributed by atoms with Crippen LogP contribution in [0.1, 0.15) is 6.92 Å². The van der Waals surface area contributed by atoms with E-state index in [0.29, 0.717) is 32.0 Å². The lowest BCUT2D eigenvalue weighted by molar-refractivity contribution is -0.384. The van der Waals surface area contributed by atoms with E-state index in [4.69, 9.17) is 9.47 Å². The van der Waals surface area contributed by atoms with Crippen LogP contribution in [0.3, 0.4) is 0 Å². The van der Waals surface area contributed by atoms with Crippen molar-refractivity contribution < 1.29 is 19.2 Å². The number of carbonyl (C=O) groups excluding carboxylic acids is 1. The summed E-state index contributed by atoms with van der Waals surface area (Å²) in [5.41, 5.74) is 0.333. The first-order chi connectivity index (χ1) is 10.1. The Morgan fingerprint density at radius 3 is 2.81 bits per heavy atom. The zero-order valence-corrected chi connectivity index (χ0v) is 11.7. The molecule has 21 heavy (non-hydrogen) atoms. The smallest absolute Gasteiger partial charge is 0.429 e. The number of non-ortho nitro benzene ring substituents is 1. The van der Waals surface area contributed by atoms with Gasteiger partial charge in [-0.2, -0.15) is 0 Å². The average Bonchev–Trinajstić information content (AvgIpc) is 2.49. The van der Waals surface area contributed by atoms with Crippen molar-refractivity contribution >= 4 is 17.5 Å². The maximum absolute atomic E-state index is 12.2. The molecule has 0 atom stereocenters. The van der Waals surface area contributed by atoms with Crippen LogP contribution < -0.4 is 5.01 Å². The van der Waals surface area contributed by atoms with Crippen LogP contribution >= 0.6 is 0 Å². The summed E-state index contributed by atoms with van der Waals surface area (Å²) >= 11 is 0. The first-order valence-electron chi connectivity index (χ1n) is 6.67. The molecule has 0 N–H and O–H groups in total. The molecule has 114 valence electrons. The predicted octanol–water partition coefficient (Wildman–Crippen LogP) is 1.80. The molecular weight excluding hydrogens is 278 g/mol. The fourth-order valence-corrected chi connectivity index (χ4v) is 2.06. The Hall–Kier alpha value is -2.19. The molecule has 0 radical (unpaired) electrons. The Kier molecular flexibility index (Phi) is 5.07. The fourth-order valence-electron chi connectivity index (χ4n) is 2.06. The zero-order chi connectivity index (χ0) is 15.2. The molecule has 1 aromatic carbocycles. The molecule has 1 saturated heterocycles. The van der Waals surface area contributed by atoms with E-state index < -0.39 is 11.0 Å². The number of nitro groups is 1. The van der Waals surface area contributed by atoms with E-state index in [0.717, 1.165) is 0 Å². The number of morpholine rings is 1. The van der Waals surface area contributed by atoms with E-state index in [1.807, 2.05) is 0 Å². The third kappa shape index (κ3) is 3.67. The molecule has 1 aliphatic heterocycles. The molecule has 1 heterocycles. The number of hydrogen-bond acceptors (Lipinski definition) is 6. The van der Waals surface area contributed by atoms with E-state index in [1.165, 1.54) is 17.1 Å². The summed E-state index contributed by atoms with van der Waals surface area (Å²) in [5, 5.41) is 14.0. The van der Waals surface area contributed by atoms with E-state index >= 15 is 0 Å². The fraction of sp³-hybridized carbons (Fsp3) is 0.462. The van der Waals surface area contributed by atoms with Crippen molar-refractivity contribution in [3.63, 3.8) is 0 Å². The van der Waals surface area contributed by atoms with Gasteiger partial charge in [0.15, 0.2) is 0 Å². The first-order valence-corrected chi connectivity index (χ1v) is 6.67. The quantitative estimate of drug-likeness (QED) is 0.622. The van der Waals surface area contributed by atoms with Gasteiger partial charge in [-0.15, -0.1) is 0 Å². The number of hydrogen-bond donors (Lipinski definition) is 0. The van der Waals surface area contributed by atoms with Gasteiger partial charge in [0.05, 0.1) is 30.4 Å². The molecule has 1 aliphatic rings. The molecule has 0 bridgehead atoms. The second-order valence-electron chi connectivity index (χ2n) is 4.35. The lowest BCUT2D eigenvalue weighted by Crippen LogP contribution is -2.52. The van der Waals surface area contributed by atoms with Crippen LogP contribution in [0.2, 0.25) is 0 Å². The Morgan fingerprint density at radius 2 is 2.19 bits per heavy atom. The number of rotatable bonds is 4. The second-order valence-corrected chi connectivity index (χ2v) is 4.35. The minimum absolute atomic E-state index is 0.0740. The predicted molar refractivity (Wildman–Crippen MR) is 75.0 cm³/mol. The lowest BCUT2D eigenvalue weighted by Gasteiger charge is -2.36. The van der Waals surface area contributed by atoms with Gasteiger partial charge >= 0.3 is 6.09 Å². The van der Waals surface area contributed by atoms with Gasteiger partial charge in [0, 0.05) is 25.2 Å². The van der Waals surface area contributed by atoms with Gasteiger partial charge in [0.2, 0.25) is 0 Å². The first kappa shape index (κ1) is 15.2. The van der Waals surface area contributed by atoms with Gasteiger partial charge in [-0.3, -0.25) is 10.1 Å². The number of nitrogens with zero attached hydrogens (tertiary/aromatic N) is 3. The Labute approximate surface area is 122 Å². The highest BCUT2D eigenvalue weighted by Crippen LogP contribution is 2.24. The van der Waals surface area contributed by atoms with Crippen LogP contribution in [-0.4, -0.2) is 48.9 Å². The zero-order valence-electron chi connectivity index (χ0n) is 11.7. The van der Waals surface area contributed by atoms with E-state index in [-0.39, 0.29) is 12.3 Å². The van der Waals surface area contributed by atoms with E-state index in [9.17, 15) is 14.9 Å². The maximum Gasteiger partial charge on any atom is 0.429 e.